The van der Waals surface area contributed by atoms with Crippen molar-refractivity contribution < 1.29 is 13.9 Å². The topological polar surface area (TPSA) is 29.5 Å². The van der Waals surface area contributed by atoms with Crippen LogP contribution in [-0.2, 0) is 4.79 Å². The molecule has 1 unspecified atom stereocenters. The molecule has 0 spiro atoms. The van der Waals surface area contributed by atoms with Gasteiger partial charge < -0.3 is 9.64 Å². The van der Waals surface area contributed by atoms with Crippen LogP contribution in [-0.4, -0.2) is 18.6 Å². The van der Waals surface area contributed by atoms with Crippen molar-refractivity contribution >= 4 is 11.6 Å². The zero-order valence-corrected chi connectivity index (χ0v) is 11.4. The minimum absolute atomic E-state index is 0.115. The van der Waals surface area contributed by atoms with E-state index < -0.39 is 6.10 Å². The maximum atomic E-state index is 14.1. The summed E-state index contributed by atoms with van der Waals surface area (Å²) in [5, 5.41) is 0. The Balaban J connectivity index is 2.76. The van der Waals surface area contributed by atoms with Crippen LogP contribution >= 0.6 is 0 Å². The summed E-state index contributed by atoms with van der Waals surface area (Å²) in [5.74, 6) is 0.270. The first-order valence-electron chi connectivity index (χ1n) is 6.17. The van der Waals surface area contributed by atoms with E-state index in [0.29, 0.717) is 29.1 Å². The Kier molecular flexibility index (Phi) is 3.05. The number of nitrogens with zero attached hydrogens (tertiary/aromatic N) is 1. The Morgan fingerprint density at radius 2 is 1.83 bits per heavy atom. The van der Waals surface area contributed by atoms with Gasteiger partial charge in [-0.1, -0.05) is 0 Å². The van der Waals surface area contributed by atoms with E-state index in [1.807, 2.05) is 13.8 Å². The van der Waals surface area contributed by atoms with E-state index in [1.54, 1.807) is 25.7 Å². The summed E-state index contributed by atoms with van der Waals surface area (Å²) in [6.45, 7) is 9.37. The number of fused-ring (bicyclic) bond motifs is 1. The molecular formula is C14H18FNO2. The second-order valence-electron chi connectivity index (χ2n) is 4.71. The van der Waals surface area contributed by atoms with Crippen molar-refractivity contribution in [1.82, 2.24) is 0 Å². The Labute approximate surface area is 107 Å². The number of ether oxygens (including phenoxy) is 1. The van der Waals surface area contributed by atoms with Gasteiger partial charge in [-0.05, 0) is 45.7 Å². The summed E-state index contributed by atoms with van der Waals surface area (Å²) in [6, 6.07) is 0. The monoisotopic (exact) mass is 251 g/mol. The zero-order chi connectivity index (χ0) is 13.6. The fraction of sp³-hybridized carbons (Fsp3) is 0.500. The van der Waals surface area contributed by atoms with Crippen molar-refractivity contribution in [3.05, 3.63) is 22.5 Å². The number of likely N-dealkylation sites (N-methyl/N-ethyl adjacent to an activating group) is 1. The summed E-state index contributed by atoms with van der Waals surface area (Å²) in [7, 11) is 0. The number of benzene rings is 1. The predicted molar refractivity (Wildman–Crippen MR) is 68.7 cm³/mol. The lowest BCUT2D eigenvalue weighted by atomic mass is 9.99. The first-order chi connectivity index (χ1) is 8.40. The Hall–Kier alpha value is -1.58. The highest BCUT2D eigenvalue weighted by Crippen LogP contribution is 2.42. The highest BCUT2D eigenvalue weighted by Gasteiger charge is 2.34. The van der Waals surface area contributed by atoms with Gasteiger partial charge in [-0.15, -0.1) is 0 Å². The standard InChI is InChI=1S/C14H18FNO2/c1-6-16-12-9(4)11(15)7(2)8(3)13(12)18-10(5)14(16)17/h10H,6H2,1-5H3. The van der Waals surface area contributed by atoms with Crippen LogP contribution in [0.15, 0.2) is 0 Å². The third-order valence-corrected chi connectivity index (χ3v) is 3.63. The lowest BCUT2D eigenvalue weighted by Crippen LogP contribution is -2.45. The molecule has 4 heteroatoms. The van der Waals surface area contributed by atoms with Crippen LogP contribution in [0.5, 0.6) is 5.75 Å². The Bertz CT molecular complexity index is 525. The van der Waals surface area contributed by atoms with Gasteiger partial charge in [0, 0.05) is 12.1 Å². The second kappa shape index (κ2) is 4.26. The van der Waals surface area contributed by atoms with Crippen LogP contribution in [0.1, 0.15) is 30.5 Å². The molecule has 0 aromatic heterocycles. The highest BCUT2D eigenvalue weighted by atomic mass is 19.1. The first-order valence-corrected chi connectivity index (χ1v) is 6.17. The average molecular weight is 251 g/mol. The smallest absolute Gasteiger partial charge is 0.267 e. The van der Waals surface area contributed by atoms with Gasteiger partial charge in [0.05, 0.1) is 5.69 Å². The molecule has 1 aliphatic rings. The zero-order valence-electron chi connectivity index (χ0n) is 11.4. The molecule has 0 saturated carbocycles. The van der Waals surface area contributed by atoms with Gasteiger partial charge >= 0.3 is 0 Å². The van der Waals surface area contributed by atoms with Crippen LogP contribution in [0, 0.1) is 26.6 Å². The second-order valence-corrected chi connectivity index (χ2v) is 4.71. The van der Waals surface area contributed by atoms with Crippen LogP contribution in [0.2, 0.25) is 0 Å². The van der Waals surface area contributed by atoms with Crippen LogP contribution in [0.4, 0.5) is 10.1 Å². The first kappa shape index (κ1) is 12.9. The van der Waals surface area contributed by atoms with Gasteiger partial charge in [-0.25, -0.2) is 4.39 Å². The average Bonchev–Trinajstić information content (AvgIpc) is 2.36. The van der Waals surface area contributed by atoms with E-state index in [4.69, 9.17) is 4.74 Å². The summed E-state index contributed by atoms with van der Waals surface area (Å²) < 4.78 is 19.8. The van der Waals surface area contributed by atoms with E-state index in [2.05, 4.69) is 0 Å². The number of rotatable bonds is 1. The maximum absolute atomic E-state index is 14.1. The molecule has 1 amide bonds. The van der Waals surface area contributed by atoms with Crippen molar-refractivity contribution in [3.63, 3.8) is 0 Å². The molecule has 2 rings (SSSR count). The minimum Gasteiger partial charge on any atom is -0.478 e. The molecular weight excluding hydrogens is 233 g/mol. The molecule has 18 heavy (non-hydrogen) atoms. The summed E-state index contributed by atoms with van der Waals surface area (Å²) in [6.07, 6.45) is -0.514. The number of halogens is 1. The van der Waals surface area contributed by atoms with Crippen molar-refractivity contribution in [2.45, 2.75) is 40.7 Å². The van der Waals surface area contributed by atoms with Gasteiger partial charge in [-0.3, -0.25) is 4.79 Å². The number of carbonyl (C=O) groups excluding carboxylic acids is 1. The molecule has 0 saturated heterocycles. The van der Waals surface area contributed by atoms with E-state index in [9.17, 15) is 9.18 Å². The molecule has 1 aromatic carbocycles. The molecule has 1 aromatic rings. The van der Waals surface area contributed by atoms with Crippen LogP contribution in [0.3, 0.4) is 0 Å². The van der Waals surface area contributed by atoms with E-state index in [0.717, 1.165) is 5.56 Å². The number of hydrogen-bond acceptors (Lipinski definition) is 2. The van der Waals surface area contributed by atoms with Crippen LogP contribution in [0.25, 0.3) is 0 Å². The van der Waals surface area contributed by atoms with Crippen molar-refractivity contribution in [2.75, 3.05) is 11.4 Å². The Morgan fingerprint density at radius 1 is 1.22 bits per heavy atom. The third-order valence-electron chi connectivity index (χ3n) is 3.63. The largest absolute Gasteiger partial charge is 0.478 e. The van der Waals surface area contributed by atoms with Gasteiger partial charge in [0.2, 0.25) is 0 Å². The molecule has 0 radical (unpaired) electrons. The van der Waals surface area contributed by atoms with Crippen molar-refractivity contribution in [2.24, 2.45) is 0 Å². The SMILES string of the molecule is CCN1C(=O)C(C)Oc2c(C)c(C)c(F)c(C)c21. The summed E-state index contributed by atoms with van der Waals surface area (Å²) in [5.41, 5.74) is 2.42. The molecule has 1 heterocycles. The lowest BCUT2D eigenvalue weighted by molar-refractivity contribution is -0.125. The fourth-order valence-corrected chi connectivity index (χ4v) is 2.41. The fourth-order valence-electron chi connectivity index (χ4n) is 2.41. The number of hydrogen-bond donors (Lipinski definition) is 0. The molecule has 98 valence electrons. The quantitative estimate of drug-likeness (QED) is 0.768. The lowest BCUT2D eigenvalue weighted by Gasteiger charge is -2.35. The van der Waals surface area contributed by atoms with Gasteiger partial charge in [-0.2, -0.15) is 0 Å². The van der Waals surface area contributed by atoms with E-state index in [-0.39, 0.29) is 11.7 Å². The molecule has 0 aliphatic carbocycles. The Morgan fingerprint density at radius 3 is 2.39 bits per heavy atom. The minimum atomic E-state index is -0.514. The van der Waals surface area contributed by atoms with Crippen molar-refractivity contribution in [1.29, 1.82) is 0 Å². The van der Waals surface area contributed by atoms with Gasteiger partial charge in [0.15, 0.2) is 6.10 Å². The van der Waals surface area contributed by atoms with E-state index in [1.165, 1.54) is 0 Å². The third kappa shape index (κ3) is 1.59. The molecule has 0 fully saturated rings. The normalized spacial score (nSPS) is 18.7. The van der Waals surface area contributed by atoms with Crippen LogP contribution < -0.4 is 9.64 Å². The molecule has 0 N–H and O–H groups in total. The number of carbonyl (C=O) groups is 1. The van der Waals surface area contributed by atoms with Gasteiger partial charge in [0.1, 0.15) is 11.6 Å². The molecule has 1 aliphatic heterocycles. The summed E-state index contributed by atoms with van der Waals surface area (Å²) in [4.78, 5) is 13.7. The van der Waals surface area contributed by atoms with Crippen molar-refractivity contribution in [3.8, 4) is 5.75 Å². The number of anilines is 1. The highest BCUT2D eigenvalue weighted by molar-refractivity contribution is 6.01. The number of amides is 1. The van der Waals surface area contributed by atoms with E-state index >= 15 is 0 Å². The summed E-state index contributed by atoms with van der Waals surface area (Å²) >= 11 is 0. The molecule has 1 atom stereocenters. The molecule has 3 nitrogen and oxygen atoms in total. The molecule has 0 bridgehead atoms. The predicted octanol–water partition coefficient (Wildman–Crippen LogP) is 2.88. The van der Waals surface area contributed by atoms with Gasteiger partial charge in [0.25, 0.3) is 5.91 Å². The maximum Gasteiger partial charge on any atom is 0.267 e.